The fourth-order valence-corrected chi connectivity index (χ4v) is 7.54. The zero-order valence-corrected chi connectivity index (χ0v) is 21.9. The molecular formula is C29H19N2O2PPt. The van der Waals surface area contributed by atoms with Crippen LogP contribution in [-0.2, 0) is 25.6 Å². The van der Waals surface area contributed by atoms with E-state index in [4.69, 9.17) is 4.74 Å². The monoisotopic (exact) mass is 653 g/mol. The maximum absolute atomic E-state index is 14.8. The predicted molar refractivity (Wildman–Crippen MR) is 135 cm³/mol. The number of ether oxygens (including phenoxy) is 1. The molecule has 0 bridgehead atoms. The molecule has 0 radical (unpaired) electrons. The molecule has 0 saturated heterocycles. The van der Waals surface area contributed by atoms with E-state index in [-0.39, 0.29) is 21.1 Å². The SMILES string of the molecule is Cc1cccnc1P1(=O)c2[c-]c(-c3[c-]c(Oc4ccccn4)ccc3)ccc2-c2ccccc21.[Pt+2]. The third kappa shape index (κ3) is 3.97. The van der Waals surface area contributed by atoms with Gasteiger partial charge in [-0.1, -0.05) is 47.3 Å². The van der Waals surface area contributed by atoms with Crippen LogP contribution in [0.4, 0.5) is 0 Å². The Morgan fingerprint density at radius 3 is 2.37 bits per heavy atom. The third-order valence-corrected chi connectivity index (χ3v) is 9.08. The summed E-state index contributed by atoms with van der Waals surface area (Å²) < 4.78 is 20.7. The number of benzene rings is 3. The Balaban J connectivity index is 0.00000253. The van der Waals surface area contributed by atoms with Crippen molar-refractivity contribution in [2.24, 2.45) is 0 Å². The van der Waals surface area contributed by atoms with E-state index in [1.54, 1.807) is 18.5 Å². The number of fused-ring (bicyclic) bond motifs is 3. The molecule has 6 rings (SSSR count). The van der Waals surface area contributed by atoms with Crippen LogP contribution in [-0.4, -0.2) is 9.97 Å². The van der Waals surface area contributed by atoms with E-state index < -0.39 is 7.14 Å². The summed E-state index contributed by atoms with van der Waals surface area (Å²) in [5.74, 6) is 1.05. The van der Waals surface area contributed by atoms with Crippen LogP contribution in [0.25, 0.3) is 22.3 Å². The number of aryl methyl sites for hydroxylation is 1. The van der Waals surface area contributed by atoms with Gasteiger partial charge in [-0.15, -0.1) is 18.2 Å². The van der Waals surface area contributed by atoms with Crippen LogP contribution in [0.5, 0.6) is 11.6 Å². The molecule has 1 aliphatic rings. The van der Waals surface area contributed by atoms with E-state index in [9.17, 15) is 4.57 Å². The maximum atomic E-state index is 14.8. The summed E-state index contributed by atoms with van der Waals surface area (Å²) in [6.07, 6.45) is 3.39. The van der Waals surface area contributed by atoms with E-state index in [0.717, 1.165) is 33.1 Å². The van der Waals surface area contributed by atoms with E-state index in [1.165, 1.54) is 0 Å². The molecule has 0 N–H and O–H groups in total. The topological polar surface area (TPSA) is 52.1 Å². The van der Waals surface area contributed by atoms with Crippen molar-refractivity contribution in [3.63, 3.8) is 0 Å². The van der Waals surface area contributed by atoms with E-state index in [1.807, 2.05) is 85.8 Å². The third-order valence-electron chi connectivity index (χ3n) is 5.96. The Labute approximate surface area is 218 Å². The molecule has 2 aromatic heterocycles. The van der Waals surface area contributed by atoms with Gasteiger partial charge in [-0.3, -0.25) is 4.98 Å². The molecule has 1 atom stereocenters. The van der Waals surface area contributed by atoms with E-state index >= 15 is 0 Å². The van der Waals surface area contributed by atoms with Crippen molar-refractivity contribution in [3.05, 3.63) is 115 Å². The van der Waals surface area contributed by atoms with E-state index in [2.05, 4.69) is 22.1 Å². The van der Waals surface area contributed by atoms with Crippen molar-refractivity contribution >= 4 is 23.2 Å². The molecule has 0 amide bonds. The number of hydrogen-bond acceptors (Lipinski definition) is 4. The van der Waals surface area contributed by atoms with Gasteiger partial charge in [0.1, 0.15) is 5.44 Å². The first-order valence-corrected chi connectivity index (χ1v) is 12.7. The van der Waals surface area contributed by atoms with Crippen molar-refractivity contribution in [3.8, 4) is 33.9 Å². The van der Waals surface area contributed by atoms with Gasteiger partial charge in [0, 0.05) is 29.5 Å². The van der Waals surface area contributed by atoms with Crippen LogP contribution in [0.15, 0.2) is 97.3 Å². The summed E-state index contributed by atoms with van der Waals surface area (Å²) in [6, 6.07) is 33.7. The quantitative estimate of drug-likeness (QED) is 0.187. The van der Waals surface area contributed by atoms with Crippen molar-refractivity contribution in [2.45, 2.75) is 6.92 Å². The van der Waals surface area contributed by atoms with Crippen molar-refractivity contribution < 1.29 is 30.4 Å². The van der Waals surface area contributed by atoms with Crippen LogP contribution in [0, 0.1) is 19.1 Å². The van der Waals surface area contributed by atoms with Gasteiger partial charge in [-0.05, 0) is 30.2 Å². The molecule has 0 saturated carbocycles. The van der Waals surface area contributed by atoms with Crippen molar-refractivity contribution in [1.82, 2.24) is 9.97 Å². The molecule has 3 heterocycles. The summed E-state index contributed by atoms with van der Waals surface area (Å²) in [5, 5.41) is 1.51. The molecule has 1 unspecified atom stereocenters. The van der Waals surface area contributed by atoms with Crippen molar-refractivity contribution in [2.75, 3.05) is 0 Å². The van der Waals surface area contributed by atoms with Gasteiger partial charge in [0.05, 0.1) is 0 Å². The molecule has 0 aliphatic carbocycles. The summed E-state index contributed by atoms with van der Waals surface area (Å²) in [7, 11) is -3.18. The largest absolute Gasteiger partial charge is 2.00 e. The molecule has 4 nitrogen and oxygen atoms in total. The number of rotatable bonds is 4. The molecule has 6 heteroatoms. The van der Waals surface area contributed by atoms with Crippen LogP contribution in [0.3, 0.4) is 0 Å². The normalized spacial score (nSPS) is 15.6. The summed E-state index contributed by atoms with van der Waals surface area (Å²) in [4.78, 5) is 8.79. The number of nitrogens with zero attached hydrogens (tertiary/aromatic N) is 2. The fraction of sp³-hybridized carbons (Fsp3) is 0.0345. The number of aromatic nitrogens is 2. The Morgan fingerprint density at radius 2 is 1.54 bits per heavy atom. The molecule has 172 valence electrons. The second-order valence-corrected chi connectivity index (χ2v) is 10.7. The first-order chi connectivity index (χ1) is 16.6. The molecule has 35 heavy (non-hydrogen) atoms. The van der Waals surface area contributed by atoms with Gasteiger partial charge in [-0.2, -0.15) is 24.3 Å². The molecule has 5 aromatic rings. The average Bonchev–Trinajstić information content (AvgIpc) is 3.14. The van der Waals surface area contributed by atoms with Crippen LogP contribution in [0.2, 0.25) is 0 Å². The van der Waals surface area contributed by atoms with Crippen molar-refractivity contribution in [1.29, 1.82) is 0 Å². The predicted octanol–water partition coefficient (Wildman–Crippen LogP) is 5.46. The van der Waals surface area contributed by atoms with Gasteiger partial charge >= 0.3 is 21.1 Å². The standard InChI is InChI=1S/C29H19N2O2P.Pt/c1-20-8-7-17-31-29(20)34(32)26-12-3-2-11-24(26)25-15-14-22(19-27(25)34)21-9-6-10-23(18-21)33-28-13-4-5-16-30-28;/h2-17H,1H3;/q-2;+2. The minimum Gasteiger partial charge on any atom is -0.460 e. The summed E-state index contributed by atoms with van der Waals surface area (Å²) in [5.41, 5.74) is 5.04. The van der Waals surface area contributed by atoms with Crippen LogP contribution < -0.4 is 20.8 Å². The van der Waals surface area contributed by atoms with Gasteiger partial charge < -0.3 is 9.30 Å². The van der Waals surface area contributed by atoms with E-state index in [0.29, 0.717) is 22.4 Å². The zero-order chi connectivity index (χ0) is 23.1. The molecule has 3 aromatic carbocycles. The minimum atomic E-state index is -3.18. The first-order valence-electron chi connectivity index (χ1n) is 11.0. The van der Waals surface area contributed by atoms with Crippen LogP contribution >= 0.6 is 7.14 Å². The Kier molecular flexibility index (Phi) is 6.28. The van der Waals surface area contributed by atoms with Gasteiger partial charge in [0.15, 0.2) is 7.14 Å². The molecule has 0 fully saturated rings. The Morgan fingerprint density at radius 1 is 0.743 bits per heavy atom. The van der Waals surface area contributed by atoms with Gasteiger partial charge in [0.2, 0.25) is 5.88 Å². The average molecular weight is 654 g/mol. The fourth-order valence-electron chi connectivity index (χ4n) is 4.41. The van der Waals surface area contributed by atoms with Crippen LogP contribution in [0.1, 0.15) is 5.56 Å². The zero-order valence-electron chi connectivity index (χ0n) is 18.7. The second-order valence-electron chi connectivity index (χ2n) is 8.10. The summed E-state index contributed by atoms with van der Waals surface area (Å²) >= 11 is 0. The smallest absolute Gasteiger partial charge is 0.460 e. The Bertz CT molecular complexity index is 1590. The number of pyridine rings is 2. The Hall–Kier alpha value is -3.32. The first kappa shape index (κ1) is 23.4. The molecular weight excluding hydrogens is 634 g/mol. The van der Waals surface area contributed by atoms with Gasteiger partial charge in [0.25, 0.3) is 0 Å². The summed E-state index contributed by atoms with van der Waals surface area (Å²) in [6.45, 7) is 1.96. The molecule has 0 spiro atoms. The minimum absolute atomic E-state index is 0. The molecule has 1 aliphatic heterocycles. The number of hydrogen-bond donors (Lipinski definition) is 0. The second kappa shape index (κ2) is 9.38. The maximum Gasteiger partial charge on any atom is 2.00 e. The van der Waals surface area contributed by atoms with Gasteiger partial charge in [-0.25, -0.2) is 16.1 Å².